The number of benzene rings is 2. The molecular weight excluding hydrogens is 344 g/mol. The van der Waals surface area contributed by atoms with Crippen molar-refractivity contribution in [3.63, 3.8) is 0 Å². The van der Waals surface area contributed by atoms with Gasteiger partial charge in [-0.05, 0) is 24.3 Å². The van der Waals surface area contributed by atoms with Crippen LogP contribution in [0.5, 0.6) is 0 Å². The predicted octanol–water partition coefficient (Wildman–Crippen LogP) is 4.20. The Kier molecular flexibility index (Phi) is 3.76. The van der Waals surface area contributed by atoms with Crippen LogP contribution in [-0.2, 0) is 0 Å². The molecular formula is C17H11ClN4OS. The molecule has 0 radical (unpaired) electrons. The standard InChI is InChI=1S/C17H11ClN4OS/c18-12-7-5-11(6-8-12)17-20-14(9-24-17)16(23)21-22-10-19-13-3-1-2-4-15(13)22/h1-10H,(H,21,23). The minimum atomic E-state index is -0.283. The number of halogens is 1. The van der Waals surface area contributed by atoms with Crippen molar-refractivity contribution in [2.45, 2.75) is 0 Å². The lowest BCUT2D eigenvalue weighted by atomic mass is 10.2. The Hall–Kier alpha value is -2.70. The van der Waals surface area contributed by atoms with Gasteiger partial charge >= 0.3 is 0 Å². The summed E-state index contributed by atoms with van der Waals surface area (Å²) in [5, 5.41) is 3.17. The first kappa shape index (κ1) is 14.9. The summed E-state index contributed by atoms with van der Waals surface area (Å²) < 4.78 is 1.60. The number of carbonyl (C=O) groups excluding carboxylic acids is 1. The van der Waals surface area contributed by atoms with Crippen LogP contribution in [0.2, 0.25) is 5.02 Å². The topological polar surface area (TPSA) is 59.8 Å². The summed E-state index contributed by atoms with van der Waals surface area (Å²) in [7, 11) is 0. The number of hydrogen-bond acceptors (Lipinski definition) is 4. The van der Waals surface area contributed by atoms with Gasteiger partial charge in [0.2, 0.25) is 0 Å². The molecule has 0 aliphatic carbocycles. The summed E-state index contributed by atoms with van der Waals surface area (Å²) >= 11 is 7.31. The van der Waals surface area contributed by atoms with Crippen molar-refractivity contribution in [2.75, 3.05) is 5.43 Å². The van der Waals surface area contributed by atoms with Crippen LogP contribution in [0.15, 0.2) is 60.2 Å². The minimum absolute atomic E-state index is 0.283. The zero-order valence-electron chi connectivity index (χ0n) is 12.3. The van der Waals surface area contributed by atoms with Crippen molar-refractivity contribution in [1.29, 1.82) is 0 Å². The summed E-state index contributed by atoms with van der Waals surface area (Å²) in [6, 6.07) is 14.9. The largest absolute Gasteiger partial charge is 0.289 e. The van der Waals surface area contributed by atoms with E-state index in [0.717, 1.165) is 21.6 Å². The van der Waals surface area contributed by atoms with Gasteiger partial charge in [-0.1, -0.05) is 35.9 Å². The molecule has 0 unspecified atom stereocenters. The number of imidazole rings is 1. The van der Waals surface area contributed by atoms with Gasteiger partial charge in [0.25, 0.3) is 5.91 Å². The van der Waals surface area contributed by atoms with Gasteiger partial charge in [0.1, 0.15) is 17.0 Å². The molecule has 2 aromatic carbocycles. The smallest absolute Gasteiger partial charge is 0.266 e. The molecule has 24 heavy (non-hydrogen) atoms. The van der Waals surface area contributed by atoms with Crippen LogP contribution in [0.3, 0.4) is 0 Å². The molecule has 0 fully saturated rings. The average molecular weight is 355 g/mol. The van der Waals surface area contributed by atoms with E-state index in [0.29, 0.717) is 10.7 Å². The zero-order chi connectivity index (χ0) is 16.5. The summed E-state index contributed by atoms with van der Waals surface area (Å²) in [4.78, 5) is 21.1. The summed E-state index contributed by atoms with van der Waals surface area (Å²) in [6.45, 7) is 0. The van der Waals surface area contributed by atoms with E-state index in [1.165, 1.54) is 11.3 Å². The van der Waals surface area contributed by atoms with Gasteiger partial charge in [-0.15, -0.1) is 11.3 Å². The number of rotatable bonds is 3. The Morgan fingerprint density at radius 1 is 1.12 bits per heavy atom. The molecule has 0 spiro atoms. The first-order valence-corrected chi connectivity index (χ1v) is 8.41. The maximum Gasteiger partial charge on any atom is 0.289 e. The van der Waals surface area contributed by atoms with Crippen LogP contribution in [0, 0.1) is 0 Å². The molecule has 0 saturated carbocycles. The van der Waals surface area contributed by atoms with Gasteiger partial charge < -0.3 is 0 Å². The Morgan fingerprint density at radius 3 is 2.75 bits per heavy atom. The maximum atomic E-state index is 12.4. The van der Waals surface area contributed by atoms with E-state index in [1.54, 1.807) is 28.5 Å². The Morgan fingerprint density at radius 2 is 1.92 bits per heavy atom. The van der Waals surface area contributed by atoms with Crippen molar-refractivity contribution >= 4 is 39.9 Å². The molecule has 0 aliphatic rings. The first-order valence-electron chi connectivity index (χ1n) is 7.15. The second-order valence-electron chi connectivity index (χ2n) is 5.09. The molecule has 1 amide bonds. The van der Waals surface area contributed by atoms with Crippen LogP contribution in [-0.4, -0.2) is 20.6 Å². The lowest BCUT2D eigenvalue weighted by molar-refractivity contribution is 0.100. The van der Waals surface area contributed by atoms with E-state index in [9.17, 15) is 4.79 Å². The molecule has 0 atom stereocenters. The lowest BCUT2D eigenvalue weighted by Gasteiger charge is -2.04. The van der Waals surface area contributed by atoms with Gasteiger partial charge in [-0.3, -0.25) is 10.2 Å². The Labute approximate surface area is 146 Å². The third kappa shape index (κ3) is 2.77. The van der Waals surface area contributed by atoms with Gasteiger partial charge in [-0.2, -0.15) is 0 Å². The molecule has 4 aromatic rings. The number of carbonyl (C=O) groups is 1. The quantitative estimate of drug-likeness (QED) is 0.600. The second kappa shape index (κ2) is 6.07. The average Bonchev–Trinajstić information content (AvgIpc) is 3.23. The highest BCUT2D eigenvalue weighted by molar-refractivity contribution is 7.13. The monoisotopic (exact) mass is 354 g/mol. The van der Waals surface area contributed by atoms with E-state index in [2.05, 4.69) is 15.4 Å². The summed E-state index contributed by atoms with van der Waals surface area (Å²) in [5.74, 6) is -0.283. The summed E-state index contributed by atoms with van der Waals surface area (Å²) in [5.41, 5.74) is 5.73. The van der Waals surface area contributed by atoms with E-state index < -0.39 is 0 Å². The second-order valence-corrected chi connectivity index (χ2v) is 6.38. The Bertz CT molecular complexity index is 1020. The zero-order valence-corrected chi connectivity index (χ0v) is 13.9. The van der Waals surface area contributed by atoms with Crippen molar-refractivity contribution in [3.8, 4) is 10.6 Å². The third-order valence-corrected chi connectivity index (χ3v) is 4.65. The predicted molar refractivity (Wildman–Crippen MR) is 96.0 cm³/mol. The number of fused-ring (bicyclic) bond motifs is 1. The van der Waals surface area contributed by atoms with Gasteiger partial charge in [0.05, 0.1) is 11.0 Å². The molecule has 2 heterocycles. The van der Waals surface area contributed by atoms with Crippen LogP contribution in [0.25, 0.3) is 21.6 Å². The number of nitrogens with zero attached hydrogens (tertiary/aromatic N) is 3. The summed E-state index contributed by atoms with van der Waals surface area (Å²) in [6.07, 6.45) is 1.58. The molecule has 2 aromatic heterocycles. The number of thiazole rings is 1. The normalized spacial score (nSPS) is 10.9. The van der Waals surface area contributed by atoms with Crippen molar-refractivity contribution in [3.05, 3.63) is 71.0 Å². The molecule has 1 N–H and O–H groups in total. The third-order valence-electron chi connectivity index (χ3n) is 3.50. The number of aromatic nitrogens is 3. The number of amides is 1. The van der Waals surface area contributed by atoms with Crippen LogP contribution in [0.4, 0.5) is 0 Å². The van der Waals surface area contributed by atoms with E-state index in [1.807, 2.05) is 36.4 Å². The van der Waals surface area contributed by atoms with E-state index in [-0.39, 0.29) is 5.91 Å². The van der Waals surface area contributed by atoms with E-state index in [4.69, 9.17) is 11.6 Å². The molecule has 0 bridgehead atoms. The Balaban J connectivity index is 1.58. The molecule has 0 aliphatic heterocycles. The van der Waals surface area contributed by atoms with Crippen molar-refractivity contribution < 1.29 is 4.79 Å². The molecule has 4 rings (SSSR count). The number of hydrogen-bond donors (Lipinski definition) is 1. The van der Waals surface area contributed by atoms with Gasteiger partial charge in [-0.25, -0.2) is 14.6 Å². The maximum absolute atomic E-state index is 12.4. The highest BCUT2D eigenvalue weighted by Crippen LogP contribution is 2.25. The minimum Gasteiger partial charge on any atom is -0.266 e. The van der Waals surface area contributed by atoms with Crippen LogP contribution < -0.4 is 5.43 Å². The lowest BCUT2D eigenvalue weighted by Crippen LogP contribution is -2.22. The van der Waals surface area contributed by atoms with Crippen LogP contribution in [0.1, 0.15) is 10.5 Å². The van der Waals surface area contributed by atoms with Gasteiger partial charge in [0.15, 0.2) is 0 Å². The fourth-order valence-electron chi connectivity index (χ4n) is 2.32. The SMILES string of the molecule is O=C(Nn1cnc2ccccc21)c1csc(-c2ccc(Cl)cc2)n1. The highest BCUT2D eigenvalue weighted by atomic mass is 35.5. The first-order chi connectivity index (χ1) is 11.7. The number of nitrogens with one attached hydrogen (secondary N) is 1. The molecule has 118 valence electrons. The molecule has 5 nitrogen and oxygen atoms in total. The van der Waals surface area contributed by atoms with Gasteiger partial charge in [0, 0.05) is 16.0 Å². The van der Waals surface area contributed by atoms with Crippen LogP contribution >= 0.6 is 22.9 Å². The highest BCUT2D eigenvalue weighted by Gasteiger charge is 2.13. The molecule has 7 heteroatoms. The fourth-order valence-corrected chi connectivity index (χ4v) is 3.25. The number of para-hydroxylation sites is 2. The fraction of sp³-hybridized carbons (Fsp3) is 0. The molecule has 0 saturated heterocycles. The van der Waals surface area contributed by atoms with Crippen molar-refractivity contribution in [1.82, 2.24) is 14.6 Å². The van der Waals surface area contributed by atoms with Crippen molar-refractivity contribution in [2.24, 2.45) is 0 Å². The van der Waals surface area contributed by atoms with E-state index >= 15 is 0 Å².